The highest BCUT2D eigenvalue weighted by Gasteiger charge is 2.62. The van der Waals surface area contributed by atoms with Crippen LogP contribution in [0.2, 0.25) is 0 Å². The van der Waals surface area contributed by atoms with Crippen LogP contribution in [0, 0.1) is 41.5 Å². The largest absolute Gasteiger partial charge is 0.180 e. The zero-order valence-electron chi connectivity index (χ0n) is 18.8. The zero-order chi connectivity index (χ0) is 20.3. The van der Waals surface area contributed by atoms with Gasteiger partial charge in [0.05, 0.1) is 0 Å². The molecule has 0 atom stereocenters. The SMILES string of the molecule is CC(C)=C1C(=C(C)C)[Si]1(c1c(C)cc(C)cc1C)c1c(C)cc(C)cc1C. The molecule has 0 N–H and O–H groups in total. The van der Waals surface area contributed by atoms with E-state index in [1.807, 2.05) is 0 Å². The van der Waals surface area contributed by atoms with E-state index in [1.54, 1.807) is 20.8 Å². The molecule has 142 valence electrons. The Morgan fingerprint density at radius 3 is 1.00 bits per heavy atom. The van der Waals surface area contributed by atoms with Gasteiger partial charge in [0, 0.05) is 0 Å². The zero-order valence-corrected chi connectivity index (χ0v) is 19.8. The Balaban J connectivity index is 2.55. The Labute approximate surface area is 167 Å². The number of benzene rings is 2. The molecule has 2 aromatic carbocycles. The molecule has 3 rings (SSSR count). The molecule has 0 saturated carbocycles. The second-order valence-corrected chi connectivity index (χ2v) is 12.5. The summed E-state index contributed by atoms with van der Waals surface area (Å²) < 4.78 is 0. The first-order valence-electron chi connectivity index (χ1n) is 10.1. The lowest BCUT2D eigenvalue weighted by molar-refractivity contribution is 1.33. The van der Waals surface area contributed by atoms with Gasteiger partial charge in [-0.2, -0.15) is 0 Å². The van der Waals surface area contributed by atoms with Crippen LogP contribution < -0.4 is 10.4 Å². The molecule has 1 heteroatoms. The Hall–Kier alpha value is -1.86. The molecule has 1 aliphatic rings. The van der Waals surface area contributed by atoms with Crippen LogP contribution in [0.4, 0.5) is 0 Å². The summed E-state index contributed by atoms with van der Waals surface area (Å²) in [7, 11) is -2.06. The van der Waals surface area contributed by atoms with E-state index in [2.05, 4.69) is 93.5 Å². The molecule has 1 fully saturated rings. The van der Waals surface area contributed by atoms with Crippen molar-refractivity contribution in [2.45, 2.75) is 69.2 Å². The monoisotopic (exact) mass is 374 g/mol. The molecule has 0 radical (unpaired) electrons. The number of hydrogen-bond donors (Lipinski definition) is 0. The van der Waals surface area contributed by atoms with E-state index in [4.69, 9.17) is 0 Å². The van der Waals surface area contributed by atoms with Gasteiger partial charge in [0.15, 0.2) is 8.07 Å². The summed E-state index contributed by atoms with van der Waals surface area (Å²) in [6, 6.07) is 9.55. The van der Waals surface area contributed by atoms with E-state index in [9.17, 15) is 0 Å². The topological polar surface area (TPSA) is 0 Å². The van der Waals surface area contributed by atoms with Crippen LogP contribution in [-0.2, 0) is 0 Å². The van der Waals surface area contributed by atoms with Crippen molar-refractivity contribution in [1.29, 1.82) is 0 Å². The predicted molar refractivity (Wildman–Crippen MR) is 123 cm³/mol. The van der Waals surface area contributed by atoms with Gasteiger partial charge < -0.3 is 0 Å². The van der Waals surface area contributed by atoms with Gasteiger partial charge >= 0.3 is 0 Å². The minimum atomic E-state index is -2.06. The third kappa shape index (κ3) is 2.88. The van der Waals surface area contributed by atoms with Crippen LogP contribution in [0.15, 0.2) is 45.8 Å². The van der Waals surface area contributed by atoms with Crippen LogP contribution in [0.5, 0.6) is 0 Å². The maximum atomic E-state index is 2.39. The third-order valence-corrected chi connectivity index (χ3v) is 11.9. The highest BCUT2D eigenvalue weighted by molar-refractivity contribution is 7.25. The lowest BCUT2D eigenvalue weighted by atomic mass is 10.1. The number of rotatable bonds is 2. The molecular formula is C26H34Si. The minimum Gasteiger partial charge on any atom is -0.0762 e. The van der Waals surface area contributed by atoms with E-state index in [-0.39, 0.29) is 0 Å². The van der Waals surface area contributed by atoms with E-state index in [1.165, 1.54) is 44.5 Å². The molecule has 2 aromatic rings. The summed E-state index contributed by atoms with van der Waals surface area (Å²) in [6.07, 6.45) is 0. The fourth-order valence-corrected chi connectivity index (χ4v) is 12.5. The quantitative estimate of drug-likeness (QED) is 0.577. The summed E-state index contributed by atoms with van der Waals surface area (Å²) in [4.78, 5) is 0. The van der Waals surface area contributed by atoms with Gasteiger partial charge in [-0.3, -0.25) is 0 Å². The average Bonchev–Trinajstić information content (AvgIpc) is 3.15. The van der Waals surface area contributed by atoms with Gasteiger partial charge in [-0.25, -0.2) is 0 Å². The van der Waals surface area contributed by atoms with E-state index in [0.717, 1.165) is 0 Å². The Kier molecular flexibility index (Phi) is 4.89. The lowest BCUT2D eigenvalue weighted by Crippen LogP contribution is -2.52. The van der Waals surface area contributed by atoms with Crippen molar-refractivity contribution in [3.63, 3.8) is 0 Å². The fraction of sp³-hybridized carbons (Fsp3) is 0.385. The van der Waals surface area contributed by atoms with Gasteiger partial charge in [-0.05, 0) is 90.0 Å². The van der Waals surface area contributed by atoms with Gasteiger partial charge in [-0.15, -0.1) is 0 Å². The molecule has 0 unspecified atom stereocenters. The van der Waals surface area contributed by atoms with Crippen molar-refractivity contribution in [3.05, 3.63) is 79.2 Å². The number of allylic oxidation sites excluding steroid dienone is 4. The van der Waals surface area contributed by atoms with Crippen LogP contribution in [-0.4, -0.2) is 8.07 Å². The van der Waals surface area contributed by atoms with Crippen molar-refractivity contribution < 1.29 is 0 Å². The van der Waals surface area contributed by atoms with Gasteiger partial charge in [0.25, 0.3) is 0 Å². The fourth-order valence-electron chi connectivity index (χ4n) is 5.70. The second-order valence-electron chi connectivity index (χ2n) is 9.05. The van der Waals surface area contributed by atoms with Crippen molar-refractivity contribution in [3.8, 4) is 0 Å². The van der Waals surface area contributed by atoms with Gasteiger partial charge in [-0.1, -0.05) is 68.8 Å². The van der Waals surface area contributed by atoms with Crippen LogP contribution in [0.3, 0.4) is 0 Å². The lowest BCUT2D eigenvalue weighted by Gasteiger charge is -2.25. The molecular weight excluding hydrogens is 340 g/mol. The standard InChI is InChI=1S/C26H34Si/c1-15(2)23-24(16(3)4)27(23,25-19(7)11-17(5)12-20(25)8)26-21(9)13-18(6)14-22(26)10/h11-14H,1-10H3. The summed E-state index contributed by atoms with van der Waals surface area (Å²) in [5.74, 6) is 0. The first-order valence-corrected chi connectivity index (χ1v) is 12.1. The molecule has 0 nitrogen and oxygen atoms in total. The maximum absolute atomic E-state index is 2.39. The van der Waals surface area contributed by atoms with Crippen molar-refractivity contribution >= 4 is 18.4 Å². The molecule has 0 spiro atoms. The van der Waals surface area contributed by atoms with Gasteiger partial charge in [0.2, 0.25) is 0 Å². The van der Waals surface area contributed by atoms with E-state index in [0.29, 0.717) is 0 Å². The molecule has 0 aromatic heterocycles. The Morgan fingerprint density at radius 1 is 0.519 bits per heavy atom. The predicted octanol–water partition coefficient (Wildman–Crippen LogP) is 5.86. The van der Waals surface area contributed by atoms with Crippen LogP contribution in [0.25, 0.3) is 0 Å². The van der Waals surface area contributed by atoms with E-state index >= 15 is 0 Å². The maximum Gasteiger partial charge on any atom is 0.180 e. The summed E-state index contributed by atoms with van der Waals surface area (Å²) >= 11 is 0. The molecule has 0 aliphatic carbocycles. The van der Waals surface area contributed by atoms with Crippen molar-refractivity contribution in [2.75, 3.05) is 0 Å². The molecule has 1 saturated heterocycles. The third-order valence-electron chi connectivity index (χ3n) is 6.04. The Morgan fingerprint density at radius 2 is 0.778 bits per heavy atom. The van der Waals surface area contributed by atoms with Crippen LogP contribution in [0.1, 0.15) is 61.1 Å². The minimum absolute atomic E-state index is 1.37. The number of aryl methyl sites for hydroxylation is 6. The summed E-state index contributed by atoms with van der Waals surface area (Å²) in [6.45, 7) is 23.0. The van der Waals surface area contributed by atoms with E-state index < -0.39 is 8.07 Å². The van der Waals surface area contributed by atoms with Gasteiger partial charge in [0.1, 0.15) is 0 Å². The summed E-state index contributed by atoms with van der Waals surface area (Å²) in [5.41, 5.74) is 11.6. The molecule has 27 heavy (non-hydrogen) atoms. The normalized spacial score (nSPS) is 15.2. The first-order chi connectivity index (χ1) is 12.5. The van der Waals surface area contributed by atoms with Crippen molar-refractivity contribution in [1.82, 2.24) is 0 Å². The smallest absolute Gasteiger partial charge is 0.0762 e. The highest BCUT2D eigenvalue weighted by atomic mass is 28.3. The number of hydrogen-bond acceptors (Lipinski definition) is 0. The molecule has 0 amide bonds. The second kappa shape index (κ2) is 6.63. The highest BCUT2D eigenvalue weighted by Crippen LogP contribution is 2.51. The van der Waals surface area contributed by atoms with Crippen molar-refractivity contribution in [2.24, 2.45) is 0 Å². The molecule has 1 heterocycles. The first kappa shape index (κ1) is 19.9. The Bertz CT molecular complexity index is 877. The summed E-state index contributed by atoms with van der Waals surface area (Å²) in [5, 5.41) is 6.62. The molecule has 0 bridgehead atoms. The average molecular weight is 375 g/mol. The van der Waals surface area contributed by atoms with Crippen LogP contribution >= 0.6 is 0 Å². The molecule has 1 aliphatic heterocycles.